The second-order valence-corrected chi connectivity index (χ2v) is 4.01. The van der Waals surface area contributed by atoms with E-state index in [-0.39, 0.29) is 6.42 Å². The Kier molecular flexibility index (Phi) is 2.73. The third-order valence-corrected chi connectivity index (χ3v) is 2.40. The number of hydrogen-bond donors (Lipinski definition) is 2. The van der Waals surface area contributed by atoms with Gasteiger partial charge in [0.15, 0.2) is 5.58 Å². The lowest BCUT2D eigenvalue weighted by Gasteiger charge is -2.02. The van der Waals surface area contributed by atoms with Crippen LogP contribution >= 0.6 is 23.2 Å². The van der Waals surface area contributed by atoms with Gasteiger partial charge in [0.05, 0.1) is 5.02 Å². The molecule has 15 heavy (non-hydrogen) atoms. The Hall–Kier alpha value is -0.970. The maximum Gasteiger partial charge on any atom is 0.417 e. The van der Waals surface area contributed by atoms with Gasteiger partial charge in [-0.15, -0.1) is 0 Å². The number of aromatic nitrogens is 1. The summed E-state index contributed by atoms with van der Waals surface area (Å²) in [6.07, 6.45) is 0.242. The van der Waals surface area contributed by atoms with Crippen molar-refractivity contribution in [3.8, 4) is 0 Å². The van der Waals surface area contributed by atoms with E-state index in [4.69, 9.17) is 32.7 Å². The van der Waals surface area contributed by atoms with Gasteiger partial charge in [-0.05, 0) is 17.7 Å². The number of aliphatic hydroxyl groups is 1. The lowest BCUT2D eigenvalue weighted by molar-refractivity contribution is 0.257. The Morgan fingerprint density at radius 3 is 2.93 bits per heavy atom. The van der Waals surface area contributed by atoms with Gasteiger partial charge in [-0.25, -0.2) is 4.79 Å². The highest BCUT2D eigenvalue weighted by atomic mass is 35.5. The SMILES string of the molecule is O=c1[nH]c2c(Cl)cc(CC(O)Cl)cc2o1. The zero-order chi connectivity index (χ0) is 11.0. The van der Waals surface area contributed by atoms with Gasteiger partial charge in [-0.3, -0.25) is 4.98 Å². The number of aliphatic hydroxyl groups excluding tert-OH is 1. The van der Waals surface area contributed by atoms with Gasteiger partial charge in [0, 0.05) is 6.42 Å². The summed E-state index contributed by atoms with van der Waals surface area (Å²) >= 11 is 11.3. The third kappa shape index (κ3) is 2.17. The molecule has 4 nitrogen and oxygen atoms in total. The maximum atomic E-state index is 10.9. The van der Waals surface area contributed by atoms with Gasteiger partial charge in [0.25, 0.3) is 0 Å². The number of H-pyrrole nitrogens is 1. The van der Waals surface area contributed by atoms with Crippen LogP contribution in [0.15, 0.2) is 21.3 Å². The van der Waals surface area contributed by atoms with Crippen molar-refractivity contribution >= 4 is 34.3 Å². The first kappa shape index (κ1) is 10.5. The van der Waals surface area contributed by atoms with Crippen LogP contribution in [0, 0.1) is 0 Å². The van der Waals surface area contributed by atoms with Crippen LogP contribution in [-0.4, -0.2) is 15.7 Å². The fourth-order valence-electron chi connectivity index (χ4n) is 1.38. The van der Waals surface area contributed by atoms with Gasteiger partial charge in [0.1, 0.15) is 11.1 Å². The third-order valence-electron chi connectivity index (χ3n) is 1.95. The van der Waals surface area contributed by atoms with Crippen molar-refractivity contribution in [1.82, 2.24) is 4.98 Å². The van der Waals surface area contributed by atoms with Crippen molar-refractivity contribution in [3.05, 3.63) is 33.3 Å². The van der Waals surface area contributed by atoms with Gasteiger partial charge < -0.3 is 9.52 Å². The number of alkyl halides is 1. The normalized spacial score (nSPS) is 13.3. The molecule has 0 fully saturated rings. The number of rotatable bonds is 2. The van der Waals surface area contributed by atoms with E-state index < -0.39 is 11.3 Å². The monoisotopic (exact) mass is 247 g/mol. The average Bonchev–Trinajstić information content (AvgIpc) is 2.44. The van der Waals surface area contributed by atoms with Crippen LogP contribution in [0.25, 0.3) is 11.1 Å². The topological polar surface area (TPSA) is 66.2 Å². The number of aromatic amines is 1. The molecule has 1 aromatic carbocycles. The predicted molar refractivity (Wildman–Crippen MR) is 57.4 cm³/mol. The second kappa shape index (κ2) is 3.89. The number of fused-ring (bicyclic) bond motifs is 1. The van der Waals surface area contributed by atoms with Crippen molar-refractivity contribution in [3.63, 3.8) is 0 Å². The smallest absolute Gasteiger partial charge is 0.408 e. The molecule has 2 rings (SSSR count). The summed E-state index contributed by atoms with van der Waals surface area (Å²) in [7, 11) is 0. The molecule has 0 saturated heterocycles. The Labute approximate surface area is 94.4 Å². The van der Waals surface area contributed by atoms with E-state index in [1.54, 1.807) is 12.1 Å². The van der Waals surface area contributed by atoms with Gasteiger partial charge >= 0.3 is 5.76 Å². The van der Waals surface area contributed by atoms with Gasteiger partial charge in [-0.1, -0.05) is 23.2 Å². The molecule has 0 bridgehead atoms. The van der Waals surface area contributed by atoms with Crippen LogP contribution in [-0.2, 0) is 6.42 Å². The minimum atomic E-state index is -0.982. The molecule has 0 saturated carbocycles. The van der Waals surface area contributed by atoms with E-state index in [9.17, 15) is 4.79 Å². The molecule has 0 aliphatic carbocycles. The summed E-state index contributed by atoms with van der Waals surface area (Å²) in [5.74, 6) is -0.560. The minimum absolute atomic E-state index is 0.242. The molecule has 6 heteroatoms. The number of oxazole rings is 1. The quantitative estimate of drug-likeness (QED) is 0.797. The van der Waals surface area contributed by atoms with Crippen LogP contribution in [0.3, 0.4) is 0 Å². The molecule has 0 amide bonds. The first-order chi connectivity index (χ1) is 7.06. The maximum absolute atomic E-state index is 10.9. The molecule has 0 aliphatic heterocycles. The van der Waals surface area contributed by atoms with Gasteiger partial charge in [-0.2, -0.15) is 0 Å². The lowest BCUT2D eigenvalue weighted by atomic mass is 10.1. The summed E-state index contributed by atoms with van der Waals surface area (Å²) in [6, 6.07) is 3.24. The van der Waals surface area contributed by atoms with E-state index in [0.29, 0.717) is 21.7 Å². The molecule has 0 aliphatic rings. The van der Waals surface area contributed by atoms with Crippen molar-refractivity contribution in [2.75, 3.05) is 0 Å². The molecule has 1 aromatic heterocycles. The van der Waals surface area contributed by atoms with E-state index >= 15 is 0 Å². The highest BCUT2D eigenvalue weighted by molar-refractivity contribution is 6.34. The summed E-state index contributed by atoms with van der Waals surface area (Å²) in [5, 5.41) is 9.36. The molecule has 1 heterocycles. The van der Waals surface area contributed by atoms with E-state index in [1.165, 1.54) is 0 Å². The van der Waals surface area contributed by atoms with Crippen molar-refractivity contribution in [2.24, 2.45) is 0 Å². The number of benzene rings is 1. The zero-order valence-electron chi connectivity index (χ0n) is 7.46. The Morgan fingerprint density at radius 2 is 2.27 bits per heavy atom. The highest BCUT2D eigenvalue weighted by Gasteiger charge is 2.09. The molecular weight excluding hydrogens is 241 g/mol. The zero-order valence-corrected chi connectivity index (χ0v) is 8.97. The molecule has 1 atom stereocenters. The number of hydrogen-bond acceptors (Lipinski definition) is 3. The Bertz CT molecular complexity index is 544. The highest BCUT2D eigenvalue weighted by Crippen LogP contribution is 2.23. The Morgan fingerprint density at radius 1 is 1.53 bits per heavy atom. The molecular formula is C9H7Cl2NO3. The molecule has 80 valence electrons. The molecule has 1 unspecified atom stereocenters. The lowest BCUT2D eigenvalue weighted by Crippen LogP contribution is -2.00. The van der Waals surface area contributed by atoms with Crippen LogP contribution in [0.5, 0.6) is 0 Å². The first-order valence-electron chi connectivity index (χ1n) is 4.19. The van der Waals surface area contributed by atoms with E-state index in [2.05, 4.69) is 4.98 Å². The standard InChI is InChI=1S/C9H7Cl2NO3/c10-5-1-4(3-7(11)13)2-6-8(5)12-9(14)15-6/h1-2,7,13H,3H2,(H,12,14). The molecule has 0 radical (unpaired) electrons. The summed E-state index contributed by atoms with van der Waals surface area (Å²) in [4.78, 5) is 13.4. The van der Waals surface area contributed by atoms with Crippen LogP contribution < -0.4 is 5.76 Å². The second-order valence-electron chi connectivity index (χ2n) is 3.10. The van der Waals surface area contributed by atoms with E-state index in [0.717, 1.165) is 0 Å². The molecule has 2 N–H and O–H groups in total. The van der Waals surface area contributed by atoms with Gasteiger partial charge in [0.2, 0.25) is 0 Å². The molecule has 2 aromatic rings. The van der Waals surface area contributed by atoms with Crippen LogP contribution in [0.2, 0.25) is 5.02 Å². The largest absolute Gasteiger partial charge is 0.417 e. The summed E-state index contributed by atoms with van der Waals surface area (Å²) in [6.45, 7) is 0. The van der Waals surface area contributed by atoms with Crippen molar-refractivity contribution < 1.29 is 9.52 Å². The Balaban J connectivity index is 2.56. The van der Waals surface area contributed by atoms with Crippen molar-refractivity contribution in [2.45, 2.75) is 12.0 Å². The average molecular weight is 248 g/mol. The predicted octanol–water partition coefficient (Wildman–Crippen LogP) is 1.87. The van der Waals surface area contributed by atoms with Crippen molar-refractivity contribution in [1.29, 1.82) is 0 Å². The van der Waals surface area contributed by atoms with E-state index in [1.807, 2.05) is 0 Å². The first-order valence-corrected chi connectivity index (χ1v) is 5.01. The summed E-state index contributed by atoms with van der Waals surface area (Å²) < 4.78 is 4.85. The minimum Gasteiger partial charge on any atom is -0.408 e. The molecule has 0 spiro atoms. The number of nitrogens with one attached hydrogen (secondary N) is 1. The van der Waals surface area contributed by atoms with Crippen LogP contribution in [0.1, 0.15) is 5.56 Å². The fourth-order valence-corrected chi connectivity index (χ4v) is 1.84. The number of halogens is 2. The summed E-state index contributed by atoms with van der Waals surface area (Å²) in [5.41, 5.74) is 0.538. The fraction of sp³-hybridized carbons (Fsp3) is 0.222. The van der Waals surface area contributed by atoms with Crippen LogP contribution in [0.4, 0.5) is 0 Å².